The summed E-state index contributed by atoms with van der Waals surface area (Å²) in [6, 6.07) is 28.7. The molecule has 1 saturated heterocycles. The standard InChI is InChI=1S/C25H22N2O/c28-25(22-14-7-17-26-22)27(23-15-5-10-18-8-1-3-12-20(18)23)24-16-6-11-19-9-2-4-13-21(19)24/h1-6,8-13,15-16,22,26H,7,14,17H2/t22-/m0/s1. The van der Waals surface area contributed by atoms with Gasteiger partial charge in [0.15, 0.2) is 0 Å². The molecule has 1 heterocycles. The van der Waals surface area contributed by atoms with E-state index in [1.54, 1.807) is 0 Å². The molecule has 1 aliphatic rings. The summed E-state index contributed by atoms with van der Waals surface area (Å²) in [6.07, 6.45) is 1.92. The Labute approximate surface area is 164 Å². The first-order valence-corrected chi connectivity index (χ1v) is 9.86. The fourth-order valence-corrected chi connectivity index (χ4v) is 4.22. The van der Waals surface area contributed by atoms with Crippen LogP contribution in [0, 0.1) is 0 Å². The molecule has 0 aromatic heterocycles. The van der Waals surface area contributed by atoms with Crippen LogP contribution >= 0.6 is 0 Å². The minimum absolute atomic E-state index is 0.116. The minimum Gasteiger partial charge on any atom is -0.306 e. The van der Waals surface area contributed by atoms with Crippen LogP contribution in [0.25, 0.3) is 21.5 Å². The number of hydrogen-bond acceptors (Lipinski definition) is 2. The third-order valence-electron chi connectivity index (χ3n) is 5.59. The molecule has 0 unspecified atom stereocenters. The Morgan fingerprint density at radius 1 is 0.750 bits per heavy atom. The largest absolute Gasteiger partial charge is 0.306 e. The molecule has 3 heteroatoms. The monoisotopic (exact) mass is 366 g/mol. The van der Waals surface area contributed by atoms with Crippen molar-refractivity contribution in [3.63, 3.8) is 0 Å². The lowest BCUT2D eigenvalue weighted by Gasteiger charge is -2.28. The maximum atomic E-state index is 13.7. The van der Waals surface area contributed by atoms with Crippen LogP contribution in [0.4, 0.5) is 11.4 Å². The van der Waals surface area contributed by atoms with E-state index in [0.29, 0.717) is 0 Å². The zero-order chi connectivity index (χ0) is 18.9. The smallest absolute Gasteiger partial charge is 0.248 e. The molecular weight excluding hydrogens is 344 g/mol. The van der Waals surface area contributed by atoms with Gasteiger partial charge in [0.2, 0.25) is 5.91 Å². The van der Waals surface area contributed by atoms with Crippen molar-refractivity contribution in [2.75, 3.05) is 11.4 Å². The molecule has 0 aliphatic carbocycles. The summed E-state index contributed by atoms with van der Waals surface area (Å²) in [5, 5.41) is 7.83. The van der Waals surface area contributed by atoms with Crippen molar-refractivity contribution < 1.29 is 4.79 Å². The summed E-state index contributed by atoms with van der Waals surface area (Å²) in [5.74, 6) is 0.116. The summed E-state index contributed by atoms with van der Waals surface area (Å²) in [7, 11) is 0. The van der Waals surface area contributed by atoms with Crippen LogP contribution < -0.4 is 10.2 Å². The molecular formula is C25H22N2O. The molecule has 1 aliphatic heterocycles. The first-order chi connectivity index (χ1) is 13.8. The number of hydrogen-bond donors (Lipinski definition) is 1. The second-order valence-corrected chi connectivity index (χ2v) is 7.32. The van der Waals surface area contributed by atoms with Gasteiger partial charge in [-0.2, -0.15) is 0 Å². The highest BCUT2D eigenvalue weighted by Gasteiger charge is 2.30. The molecule has 3 nitrogen and oxygen atoms in total. The molecule has 1 fully saturated rings. The SMILES string of the molecule is O=C([C@@H]1CCCN1)N(c1cccc2ccccc12)c1cccc2ccccc12. The van der Waals surface area contributed by atoms with Gasteiger partial charge >= 0.3 is 0 Å². The highest BCUT2D eigenvalue weighted by atomic mass is 16.2. The quantitative estimate of drug-likeness (QED) is 0.526. The van der Waals surface area contributed by atoms with Crippen molar-refractivity contribution in [1.82, 2.24) is 5.32 Å². The molecule has 28 heavy (non-hydrogen) atoms. The van der Waals surface area contributed by atoms with Crippen molar-refractivity contribution in [1.29, 1.82) is 0 Å². The van der Waals surface area contributed by atoms with E-state index >= 15 is 0 Å². The summed E-state index contributed by atoms with van der Waals surface area (Å²) < 4.78 is 0. The van der Waals surface area contributed by atoms with Gasteiger partial charge in [0.25, 0.3) is 0 Å². The lowest BCUT2D eigenvalue weighted by atomic mass is 10.0. The van der Waals surface area contributed by atoms with Gasteiger partial charge in [-0.25, -0.2) is 0 Å². The second-order valence-electron chi connectivity index (χ2n) is 7.32. The van der Waals surface area contributed by atoms with Crippen molar-refractivity contribution in [3.05, 3.63) is 84.9 Å². The van der Waals surface area contributed by atoms with E-state index in [1.807, 2.05) is 41.3 Å². The first kappa shape index (κ1) is 17.0. The summed E-state index contributed by atoms with van der Waals surface area (Å²) in [5.41, 5.74) is 1.88. The molecule has 0 bridgehead atoms. The van der Waals surface area contributed by atoms with Crippen molar-refractivity contribution in [3.8, 4) is 0 Å². The number of rotatable bonds is 3. The Morgan fingerprint density at radius 3 is 1.82 bits per heavy atom. The average molecular weight is 366 g/mol. The predicted molar refractivity (Wildman–Crippen MR) is 116 cm³/mol. The fraction of sp³-hybridized carbons (Fsp3) is 0.160. The topological polar surface area (TPSA) is 32.3 Å². The molecule has 4 aromatic rings. The number of nitrogens with zero attached hydrogens (tertiary/aromatic N) is 1. The molecule has 1 N–H and O–H groups in total. The van der Waals surface area contributed by atoms with E-state index in [9.17, 15) is 4.79 Å². The van der Waals surface area contributed by atoms with Crippen LogP contribution in [0.2, 0.25) is 0 Å². The number of nitrogens with one attached hydrogen (secondary N) is 1. The third-order valence-corrected chi connectivity index (χ3v) is 5.59. The van der Waals surface area contributed by atoms with Crippen LogP contribution in [0.5, 0.6) is 0 Å². The van der Waals surface area contributed by atoms with E-state index < -0.39 is 0 Å². The summed E-state index contributed by atoms with van der Waals surface area (Å²) in [6.45, 7) is 0.898. The van der Waals surface area contributed by atoms with E-state index in [0.717, 1.165) is 52.3 Å². The van der Waals surface area contributed by atoms with Gasteiger partial charge in [0.1, 0.15) is 0 Å². The molecule has 1 amide bonds. The Balaban J connectivity index is 1.76. The van der Waals surface area contributed by atoms with Gasteiger partial charge < -0.3 is 5.32 Å². The van der Waals surface area contributed by atoms with E-state index in [4.69, 9.17) is 0 Å². The number of carbonyl (C=O) groups excluding carboxylic acids is 1. The van der Waals surface area contributed by atoms with Gasteiger partial charge in [0, 0.05) is 10.8 Å². The van der Waals surface area contributed by atoms with Crippen LogP contribution in [0.15, 0.2) is 84.9 Å². The second kappa shape index (κ2) is 7.10. The summed E-state index contributed by atoms with van der Waals surface area (Å²) in [4.78, 5) is 15.6. The van der Waals surface area contributed by atoms with Crippen molar-refractivity contribution in [2.45, 2.75) is 18.9 Å². The Kier molecular flexibility index (Phi) is 4.30. The fourth-order valence-electron chi connectivity index (χ4n) is 4.22. The third kappa shape index (κ3) is 2.85. The van der Waals surface area contributed by atoms with Gasteiger partial charge in [-0.05, 0) is 42.3 Å². The highest BCUT2D eigenvalue weighted by Crippen LogP contribution is 2.37. The molecule has 0 spiro atoms. The predicted octanol–water partition coefficient (Wildman–Crippen LogP) is 5.41. The molecule has 138 valence electrons. The molecule has 5 rings (SSSR count). The van der Waals surface area contributed by atoms with Crippen LogP contribution in [-0.4, -0.2) is 18.5 Å². The van der Waals surface area contributed by atoms with Crippen LogP contribution in [0.1, 0.15) is 12.8 Å². The lowest BCUT2D eigenvalue weighted by Crippen LogP contribution is -2.41. The van der Waals surface area contributed by atoms with Gasteiger partial charge in [-0.3, -0.25) is 9.69 Å². The number of benzene rings is 4. The zero-order valence-electron chi connectivity index (χ0n) is 15.6. The average Bonchev–Trinajstić information content (AvgIpc) is 3.29. The number of amides is 1. The Bertz CT molecular complexity index is 1070. The van der Waals surface area contributed by atoms with Gasteiger partial charge in [-0.1, -0.05) is 72.8 Å². The number of anilines is 2. The number of carbonyl (C=O) groups is 1. The normalized spacial score (nSPS) is 16.5. The maximum Gasteiger partial charge on any atom is 0.248 e. The molecule has 1 atom stereocenters. The molecule has 0 radical (unpaired) electrons. The van der Waals surface area contributed by atoms with Crippen LogP contribution in [-0.2, 0) is 4.79 Å². The highest BCUT2D eigenvalue weighted by molar-refractivity contribution is 6.14. The zero-order valence-corrected chi connectivity index (χ0v) is 15.6. The molecule has 4 aromatic carbocycles. The Hall–Kier alpha value is -3.17. The van der Waals surface area contributed by atoms with E-state index in [1.165, 1.54) is 0 Å². The molecule has 0 saturated carbocycles. The first-order valence-electron chi connectivity index (χ1n) is 9.86. The summed E-state index contributed by atoms with van der Waals surface area (Å²) >= 11 is 0. The minimum atomic E-state index is -0.141. The van der Waals surface area contributed by atoms with Gasteiger partial charge in [-0.15, -0.1) is 0 Å². The van der Waals surface area contributed by atoms with E-state index in [2.05, 4.69) is 53.8 Å². The van der Waals surface area contributed by atoms with Crippen molar-refractivity contribution in [2.24, 2.45) is 0 Å². The van der Waals surface area contributed by atoms with Gasteiger partial charge in [0.05, 0.1) is 17.4 Å². The Morgan fingerprint density at radius 2 is 1.29 bits per heavy atom. The van der Waals surface area contributed by atoms with E-state index in [-0.39, 0.29) is 11.9 Å². The lowest BCUT2D eigenvalue weighted by molar-refractivity contribution is -0.119. The van der Waals surface area contributed by atoms with Crippen molar-refractivity contribution >= 4 is 38.8 Å². The van der Waals surface area contributed by atoms with Crippen LogP contribution in [0.3, 0.4) is 0 Å². The maximum absolute atomic E-state index is 13.7. The number of fused-ring (bicyclic) bond motifs is 2.